The van der Waals surface area contributed by atoms with Crippen LogP contribution in [0.25, 0.3) is 19.5 Å². The molecule has 0 radical (unpaired) electrons. The van der Waals surface area contributed by atoms with Gasteiger partial charge in [0.1, 0.15) is 0 Å². The quantitative estimate of drug-likeness (QED) is 0.249. The van der Waals surface area contributed by atoms with Gasteiger partial charge in [0.15, 0.2) is 0 Å². The highest BCUT2D eigenvalue weighted by atomic mass is 32.1. The number of ether oxygens (including phenoxy) is 2. The molecule has 162 valence electrons. The molecular formula is C24H24O4S3. The molecule has 0 amide bonds. The van der Waals surface area contributed by atoms with Crippen molar-refractivity contribution in [1.29, 1.82) is 0 Å². The number of hydrogen-bond acceptors (Lipinski definition) is 7. The van der Waals surface area contributed by atoms with Gasteiger partial charge in [-0.1, -0.05) is 13.2 Å². The van der Waals surface area contributed by atoms with E-state index in [2.05, 4.69) is 49.6 Å². The van der Waals surface area contributed by atoms with E-state index in [0.717, 1.165) is 0 Å². The van der Waals surface area contributed by atoms with E-state index in [-0.39, 0.29) is 11.9 Å². The summed E-state index contributed by atoms with van der Waals surface area (Å²) in [5.74, 6) is -0.687. The van der Waals surface area contributed by atoms with Gasteiger partial charge in [0.05, 0.1) is 13.2 Å². The molecule has 0 N–H and O–H groups in total. The highest BCUT2D eigenvalue weighted by Crippen LogP contribution is 2.40. The Morgan fingerprint density at radius 1 is 0.677 bits per heavy atom. The molecule has 3 aromatic heterocycles. The van der Waals surface area contributed by atoms with Crippen molar-refractivity contribution >= 4 is 45.9 Å². The van der Waals surface area contributed by atoms with Crippen molar-refractivity contribution in [3.8, 4) is 19.5 Å². The van der Waals surface area contributed by atoms with Gasteiger partial charge >= 0.3 is 11.9 Å². The molecule has 3 rings (SSSR count). The minimum atomic E-state index is -0.344. The first-order valence-electron chi connectivity index (χ1n) is 9.76. The van der Waals surface area contributed by atoms with Gasteiger partial charge in [0.2, 0.25) is 0 Å². The molecule has 4 nitrogen and oxygen atoms in total. The number of hydrogen-bond donors (Lipinski definition) is 0. The molecule has 3 heterocycles. The number of carbonyl (C=O) groups is 2. The van der Waals surface area contributed by atoms with Gasteiger partial charge in [-0.2, -0.15) is 0 Å². The van der Waals surface area contributed by atoms with Crippen LogP contribution >= 0.6 is 34.0 Å². The zero-order chi connectivity index (χ0) is 22.4. The molecule has 31 heavy (non-hydrogen) atoms. The minimum absolute atomic E-state index is 0.344. The van der Waals surface area contributed by atoms with Crippen molar-refractivity contribution in [2.24, 2.45) is 0 Å². The van der Waals surface area contributed by atoms with Crippen molar-refractivity contribution in [2.45, 2.75) is 26.7 Å². The largest absolute Gasteiger partial charge is 0.462 e. The summed E-state index contributed by atoms with van der Waals surface area (Å²) in [5, 5.41) is 0. The Morgan fingerprint density at radius 2 is 1.03 bits per heavy atom. The highest BCUT2D eigenvalue weighted by molar-refractivity contribution is 7.26. The molecule has 0 aliphatic carbocycles. The fraction of sp³-hybridized carbons (Fsp3) is 0.250. The Kier molecular flexibility index (Phi) is 8.01. The van der Waals surface area contributed by atoms with Gasteiger partial charge in [-0.3, -0.25) is 0 Å². The summed E-state index contributed by atoms with van der Waals surface area (Å²) in [6.07, 6.45) is 1.40. The van der Waals surface area contributed by atoms with Gasteiger partial charge < -0.3 is 9.47 Å². The van der Waals surface area contributed by atoms with Crippen molar-refractivity contribution in [3.05, 3.63) is 70.5 Å². The van der Waals surface area contributed by atoms with E-state index in [1.54, 1.807) is 47.9 Å². The van der Waals surface area contributed by atoms with Crippen LogP contribution in [0.5, 0.6) is 0 Å². The molecule has 3 aromatic rings. The summed E-state index contributed by atoms with van der Waals surface area (Å²) in [7, 11) is 0. The lowest BCUT2D eigenvalue weighted by atomic mass is 10.3. The van der Waals surface area contributed by atoms with E-state index >= 15 is 0 Å². The average Bonchev–Trinajstić information content (AvgIpc) is 3.47. The number of thiophene rings is 3. The van der Waals surface area contributed by atoms with Crippen LogP contribution in [0.15, 0.2) is 60.7 Å². The highest BCUT2D eigenvalue weighted by Gasteiger charge is 2.11. The molecule has 0 atom stereocenters. The number of esters is 2. The summed E-state index contributed by atoms with van der Waals surface area (Å²) < 4.78 is 10.4. The van der Waals surface area contributed by atoms with Gasteiger partial charge in [0, 0.05) is 53.3 Å². The van der Waals surface area contributed by atoms with E-state index in [9.17, 15) is 9.59 Å². The molecule has 0 fully saturated rings. The number of carbonyl (C=O) groups excluding carboxylic acids is 2. The molecule has 0 unspecified atom stereocenters. The molecule has 0 spiro atoms. The first kappa shape index (κ1) is 23.2. The second kappa shape index (κ2) is 10.7. The molecule has 0 saturated carbocycles. The fourth-order valence-corrected chi connectivity index (χ4v) is 5.79. The molecule has 0 aromatic carbocycles. The first-order valence-corrected chi connectivity index (χ1v) is 12.2. The van der Waals surface area contributed by atoms with Gasteiger partial charge in [-0.25, -0.2) is 9.59 Å². The van der Waals surface area contributed by atoms with Crippen LogP contribution in [0.3, 0.4) is 0 Å². The molecule has 0 saturated heterocycles. The zero-order valence-corrected chi connectivity index (χ0v) is 20.0. The second-order valence-electron chi connectivity index (χ2n) is 7.03. The molecule has 7 heteroatoms. The Balaban J connectivity index is 1.56. The third-order valence-corrected chi connectivity index (χ3v) is 8.04. The van der Waals surface area contributed by atoms with Crippen molar-refractivity contribution in [2.75, 3.05) is 13.2 Å². The van der Waals surface area contributed by atoms with E-state index in [0.29, 0.717) is 37.2 Å². The van der Waals surface area contributed by atoms with E-state index < -0.39 is 0 Å². The van der Waals surface area contributed by atoms with E-state index in [1.165, 1.54) is 29.3 Å². The van der Waals surface area contributed by atoms with Crippen LogP contribution in [0.4, 0.5) is 0 Å². The van der Waals surface area contributed by atoms with Crippen LogP contribution in [-0.4, -0.2) is 25.2 Å². The topological polar surface area (TPSA) is 52.6 Å². The Bertz CT molecular complexity index is 1010. The standard InChI is InChI=1S/C24H24O4S3/c1-15(2)23(25)27-13-11-17-5-7-19(29-17)21-9-10-22(31-21)20-8-6-18(30-20)12-14-28-24(26)16(3)4/h5-10H,1,3,11-14H2,2,4H3. The Labute approximate surface area is 194 Å². The van der Waals surface area contributed by atoms with Crippen molar-refractivity contribution in [1.82, 2.24) is 0 Å². The SMILES string of the molecule is C=C(C)C(=O)OCCc1ccc(-c2ccc(-c3ccc(CCOC(=O)C(=C)C)s3)s2)s1. The summed E-state index contributed by atoms with van der Waals surface area (Å²) >= 11 is 5.20. The van der Waals surface area contributed by atoms with Gasteiger partial charge in [-0.05, 0) is 50.2 Å². The maximum Gasteiger partial charge on any atom is 0.333 e. The second-order valence-corrected chi connectivity index (χ2v) is 10.4. The predicted molar refractivity (Wildman–Crippen MR) is 130 cm³/mol. The van der Waals surface area contributed by atoms with Crippen LogP contribution in [0, 0.1) is 0 Å². The van der Waals surface area contributed by atoms with E-state index in [4.69, 9.17) is 9.47 Å². The van der Waals surface area contributed by atoms with Crippen molar-refractivity contribution in [3.63, 3.8) is 0 Å². The minimum Gasteiger partial charge on any atom is -0.462 e. The first-order chi connectivity index (χ1) is 14.8. The molecule has 0 bridgehead atoms. The summed E-state index contributed by atoms with van der Waals surface area (Å²) in [6, 6.07) is 12.7. The third kappa shape index (κ3) is 6.50. The van der Waals surface area contributed by atoms with E-state index in [1.807, 2.05) is 0 Å². The van der Waals surface area contributed by atoms with Crippen LogP contribution in [0.2, 0.25) is 0 Å². The smallest absolute Gasteiger partial charge is 0.333 e. The van der Waals surface area contributed by atoms with Crippen LogP contribution in [0.1, 0.15) is 23.6 Å². The Hall–Kier alpha value is -2.48. The lowest BCUT2D eigenvalue weighted by molar-refractivity contribution is -0.139. The normalized spacial score (nSPS) is 10.6. The maximum absolute atomic E-state index is 11.5. The summed E-state index contributed by atoms with van der Waals surface area (Å²) in [5.41, 5.74) is 0.838. The lowest BCUT2D eigenvalue weighted by Gasteiger charge is -2.02. The fourth-order valence-electron chi connectivity index (χ4n) is 2.63. The number of rotatable bonds is 10. The average molecular weight is 473 g/mol. The van der Waals surface area contributed by atoms with Crippen LogP contribution < -0.4 is 0 Å². The monoisotopic (exact) mass is 472 g/mol. The molecular weight excluding hydrogens is 448 g/mol. The third-order valence-electron chi connectivity index (χ3n) is 4.28. The maximum atomic E-state index is 11.5. The van der Waals surface area contributed by atoms with Gasteiger partial charge in [-0.15, -0.1) is 34.0 Å². The zero-order valence-electron chi connectivity index (χ0n) is 17.6. The predicted octanol–water partition coefficient (Wildman–Crippen LogP) is 6.53. The lowest BCUT2D eigenvalue weighted by Crippen LogP contribution is -2.07. The Morgan fingerprint density at radius 3 is 1.42 bits per heavy atom. The molecule has 0 aliphatic heterocycles. The summed E-state index contributed by atoms with van der Waals surface area (Å²) in [6.45, 7) is 11.2. The molecule has 0 aliphatic rings. The van der Waals surface area contributed by atoms with Gasteiger partial charge in [0.25, 0.3) is 0 Å². The van der Waals surface area contributed by atoms with Crippen molar-refractivity contribution < 1.29 is 19.1 Å². The summed E-state index contributed by atoms with van der Waals surface area (Å²) in [4.78, 5) is 30.2. The van der Waals surface area contributed by atoms with Crippen LogP contribution in [-0.2, 0) is 31.9 Å².